The zero-order valence-corrected chi connectivity index (χ0v) is 14.9. The van der Waals surface area contributed by atoms with E-state index in [0.717, 1.165) is 19.6 Å². The molecule has 1 aliphatic heterocycles. The van der Waals surface area contributed by atoms with Crippen molar-refractivity contribution < 1.29 is 14.4 Å². The van der Waals surface area contributed by atoms with Crippen LogP contribution in [0.5, 0.6) is 5.75 Å². The number of aromatic hydroxyl groups is 1. The number of hydrogen-bond donors (Lipinski definition) is 1. The number of carbonyl (C=O) groups excluding carboxylic acids is 1. The molecule has 1 fully saturated rings. The quantitative estimate of drug-likeness (QED) is 0.772. The number of aromatic nitrogens is 1. The average Bonchev–Trinajstić information content (AvgIpc) is 3.19. The number of benzene rings is 2. The van der Waals surface area contributed by atoms with E-state index in [2.05, 4.69) is 22.2 Å². The second-order valence-corrected chi connectivity index (χ2v) is 6.65. The van der Waals surface area contributed by atoms with Crippen molar-refractivity contribution in [2.45, 2.75) is 6.54 Å². The van der Waals surface area contributed by atoms with E-state index in [1.807, 2.05) is 18.2 Å². The number of amides is 1. The van der Waals surface area contributed by atoms with Gasteiger partial charge in [-0.05, 0) is 17.7 Å². The van der Waals surface area contributed by atoms with Gasteiger partial charge in [-0.3, -0.25) is 9.69 Å². The van der Waals surface area contributed by atoms with Crippen LogP contribution >= 0.6 is 0 Å². The van der Waals surface area contributed by atoms with Crippen LogP contribution in [0.25, 0.3) is 11.3 Å². The first-order valence-electron chi connectivity index (χ1n) is 9.01. The number of carbonyl (C=O) groups is 1. The van der Waals surface area contributed by atoms with Crippen molar-refractivity contribution >= 4 is 5.91 Å². The highest BCUT2D eigenvalue weighted by molar-refractivity contribution is 5.92. The topological polar surface area (TPSA) is 69.8 Å². The van der Waals surface area contributed by atoms with E-state index >= 15 is 0 Å². The molecule has 0 unspecified atom stereocenters. The standard InChI is InChI=1S/C21H21N3O3/c25-19-9-5-4-8-17(19)18-14-20(27-22-18)21(26)24-12-10-23(11-13-24)15-16-6-2-1-3-7-16/h1-9,14,25H,10-13,15H2. The fourth-order valence-electron chi connectivity index (χ4n) is 3.30. The second-order valence-electron chi connectivity index (χ2n) is 6.65. The van der Waals surface area contributed by atoms with Crippen LogP contribution in [0, 0.1) is 0 Å². The Kier molecular flexibility index (Phi) is 4.89. The van der Waals surface area contributed by atoms with Crippen molar-refractivity contribution in [3.05, 3.63) is 72.0 Å². The van der Waals surface area contributed by atoms with Crippen LogP contribution in [0.4, 0.5) is 0 Å². The number of hydrogen-bond acceptors (Lipinski definition) is 5. The van der Waals surface area contributed by atoms with Crippen LogP contribution in [0.3, 0.4) is 0 Å². The Morgan fingerprint density at radius 3 is 2.44 bits per heavy atom. The number of phenols is 1. The molecule has 1 aromatic heterocycles. The van der Waals surface area contributed by atoms with Crippen LogP contribution in [-0.2, 0) is 6.54 Å². The minimum absolute atomic E-state index is 0.110. The maximum absolute atomic E-state index is 12.7. The van der Waals surface area contributed by atoms with Crippen molar-refractivity contribution in [1.82, 2.24) is 15.0 Å². The van der Waals surface area contributed by atoms with E-state index in [-0.39, 0.29) is 17.4 Å². The predicted molar refractivity (Wildman–Crippen MR) is 101 cm³/mol. The molecule has 1 saturated heterocycles. The highest BCUT2D eigenvalue weighted by Gasteiger charge is 2.25. The first kappa shape index (κ1) is 17.3. The molecule has 0 bridgehead atoms. The number of nitrogens with zero attached hydrogens (tertiary/aromatic N) is 3. The highest BCUT2D eigenvalue weighted by Crippen LogP contribution is 2.28. The Labute approximate surface area is 157 Å². The van der Waals surface area contributed by atoms with Gasteiger partial charge in [0.05, 0.1) is 0 Å². The molecular weight excluding hydrogens is 342 g/mol. The molecule has 3 aromatic rings. The smallest absolute Gasteiger partial charge is 0.292 e. The van der Waals surface area contributed by atoms with Gasteiger partial charge in [-0.15, -0.1) is 0 Å². The number of rotatable bonds is 4. The molecule has 6 nitrogen and oxygen atoms in total. The zero-order chi connectivity index (χ0) is 18.6. The first-order chi connectivity index (χ1) is 13.2. The monoisotopic (exact) mass is 363 g/mol. The largest absolute Gasteiger partial charge is 0.507 e. The van der Waals surface area contributed by atoms with E-state index in [1.165, 1.54) is 5.56 Å². The molecule has 1 amide bonds. The molecule has 0 saturated carbocycles. The van der Waals surface area contributed by atoms with E-state index < -0.39 is 0 Å². The van der Waals surface area contributed by atoms with Crippen LogP contribution in [-0.4, -0.2) is 52.1 Å². The molecule has 0 spiro atoms. The van der Waals surface area contributed by atoms with Gasteiger partial charge in [-0.2, -0.15) is 0 Å². The maximum atomic E-state index is 12.7. The SMILES string of the molecule is O=C(c1cc(-c2ccccc2O)no1)N1CCN(Cc2ccccc2)CC1. The van der Waals surface area contributed by atoms with E-state index in [0.29, 0.717) is 24.3 Å². The molecule has 0 aliphatic carbocycles. The number of phenolic OH excluding ortho intramolecular Hbond substituents is 1. The zero-order valence-electron chi connectivity index (χ0n) is 14.9. The Bertz CT molecular complexity index is 915. The lowest BCUT2D eigenvalue weighted by Crippen LogP contribution is -2.48. The molecule has 1 aliphatic rings. The lowest BCUT2D eigenvalue weighted by Gasteiger charge is -2.34. The van der Waals surface area contributed by atoms with Gasteiger partial charge in [0, 0.05) is 44.4 Å². The Balaban J connectivity index is 1.38. The van der Waals surface area contributed by atoms with Gasteiger partial charge in [0.2, 0.25) is 5.76 Å². The summed E-state index contributed by atoms with van der Waals surface area (Å²) in [7, 11) is 0. The minimum Gasteiger partial charge on any atom is -0.507 e. The summed E-state index contributed by atoms with van der Waals surface area (Å²) in [5, 5.41) is 13.9. The van der Waals surface area contributed by atoms with Gasteiger partial charge in [0.25, 0.3) is 5.91 Å². The fraction of sp³-hybridized carbons (Fsp3) is 0.238. The van der Waals surface area contributed by atoms with Crippen molar-refractivity contribution in [2.75, 3.05) is 26.2 Å². The van der Waals surface area contributed by atoms with Crippen molar-refractivity contribution in [3.8, 4) is 17.0 Å². The summed E-state index contributed by atoms with van der Waals surface area (Å²) in [4.78, 5) is 16.8. The molecular formula is C21H21N3O3. The van der Waals surface area contributed by atoms with Gasteiger partial charge in [0.15, 0.2) is 0 Å². The lowest BCUT2D eigenvalue weighted by atomic mass is 10.1. The van der Waals surface area contributed by atoms with Crippen molar-refractivity contribution in [3.63, 3.8) is 0 Å². The van der Waals surface area contributed by atoms with E-state index in [9.17, 15) is 9.90 Å². The molecule has 4 rings (SSSR count). The summed E-state index contributed by atoms with van der Waals surface area (Å²) in [6.07, 6.45) is 0. The summed E-state index contributed by atoms with van der Waals surface area (Å²) in [6, 6.07) is 18.8. The fourth-order valence-corrected chi connectivity index (χ4v) is 3.30. The minimum atomic E-state index is -0.163. The lowest BCUT2D eigenvalue weighted by molar-refractivity contribution is 0.0589. The summed E-state index contributed by atoms with van der Waals surface area (Å²) >= 11 is 0. The molecule has 1 N–H and O–H groups in total. The van der Waals surface area contributed by atoms with Crippen LogP contribution in [0.15, 0.2) is 65.2 Å². The van der Waals surface area contributed by atoms with Crippen LogP contribution < -0.4 is 0 Å². The summed E-state index contributed by atoms with van der Waals surface area (Å²) in [6.45, 7) is 3.83. The molecule has 6 heteroatoms. The maximum Gasteiger partial charge on any atom is 0.292 e. The Morgan fingerprint density at radius 1 is 1.00 bits per heavy atom. The first-order valence-corrected chi connectivity index (χ1v) is 9.01. The molecule has 0 atom stereocenters. The number of para-hydroxylation sites is 1. The average molecular weight is 363 g/mol. The predicted octanol–water partition coefficient (Wildman–Crippen LogP) is 3.01. The second kappa shape index (κ2) is 7.63. The molecule has 138 valence electrons. The molecule has 27 heavy (non-hydrogen) atoms. The van der Waals surface area contributed by atoms with Gasteiger partial charge >= 0.3 is 0 Å². The third-order valence-corrected chi connectivity index (χ3v) is 4.81. The van der Waals surface area contributed by atoms with E-state index in [1.54, 1.807) is 35.2 Å². The Morgan fingerprint density at radius 2 is 1.70 bits per heavy atom. The number of piperazine rings is 1. The van der Waals surface area contributed by atoms with Gasteiger partial charge < -0.3 is 14.5 Å². The highest BCUT2D eigenvalue weighted by atomic mass is 16.5. The van der Waals surface area contributed by atoms with Crippen LogP contribution in [0.2, 0.25) is 0 Å². The third-order valence-electron chi connectivity index (χ3n) is 4.81. The van der Waals surface area contributed by atoms with Gasteiger partial charge in [-0.1, -0.05) is 47.6 Å². The normalized spacial score (nSPS) is 15.0. The van der Waals surface area contributed by atoms with Crippen LogP contribution in [0.1, 0.15) is 16.1 Å². The third kappa shape index (κ3) is 3.85. The summed E-state index contributed by atoms with van der Waals surface area (Å²) < 4.78 is 5.25. The van der Waals surface area contributed by atoms with Gasteiger partial charge in [-0.25, -0.2) is 0 Å². The van der Waals surface area contributed by atoms with Crippen molar-refractivity contribution in [1.29, 1.82) is 0 Å². The molecule has 2 aromatic carbocycles. The Hall–Kier alpha value is -3.12. The molecule has 0 radical (unpaired) electrons. The van der Waals surface area contributed by atoms with Crippen molar-refractivity contribution in [2.24, 2.45) is 0 Å². The summed E-state index contributed by atoms with van der Waals surface area (Å²) in [5.41, 5.74) is 2.28. The molecule has 2 heterocycles. The van der Waals surface area contributed by atoms with Gasteiger partial charge in [0.1, 0.15) is 11.4 Å². The summed E-state index contributed by atoms with van der Waals surface area (Å²) in [5.74, 6) is 0.146. The van der Waals surface area contributed by atoms with E-state index in [4.69, 9.17) is 4.52 Å².